The quantitative estimate of drug-likeness (QED) is 0.809. The standard InChI is InChI=1S/C19H23FN2O2/c1-21-12-11-15-7-3-4-8-16(15)19(23)22(2)13-14-24-18-10-6-5-9-17(18)20/h3-10,21H,11-14H2,1-2H3. The molecule has 0 bridgehead atoms. The number of para-hydroxylation sites is 1. The van der Waals surface area contributed by atoms with E-state index < -0.39 is 5.82 Å². The highest BCUT2D eigenvalue weighted by Crippen LogP contribution is 2.15. The van der Waals surface area contributed by atoms with Gasteiger partial charge in [-0.15, -0.1) is 0 Å². The monoisotopic (exact) mass is 330 g/mol. The van der Waals surface area contributed by atoms with Crippen LogP contribution in [0.5, 0.6) is 5.75 Å². The van der Waals surface area contributed by atoms with E-state index in [9.17, 15) is 9.18 Å². The molecule has 4 nitrogen and oxygen atoms in total. The number of benzene rings is 2. The summed E-state index contributed by atoms with van der Waals surface area (Å²) in [5.41, 5.74) is 1.71. The largest absolute Gasteiger partial charge is 0.489 e. The number of carbonyl (C=O) groups excluding carboxylic acids is 1. The van der Waals surface area contributed by atoms with Crippen molar-refractivity contribution >= 4 is 5.91 Å². The van der Waals surface area contributed by atoms with E-state index in [1.165, 1.54) is 6.07 Å². The van der Waals surface area contributed by atoms with Gasteiger partial charge in [-0.1, -0.05) is 30.3 Å². The molecule has 1 amide bonds. The van der Waals surface area contributed by atoms with E-state index in [-0.39, 0.29) is 18.3 Å². The Balaban J connectivity index is 1.94. The van der Waals surface area contributed by atoms with Gasteiger partial charge in [0, 0.05) is 12.6 Å². The Morgan fingerprint density at radius 1 is 1.17 bits per heavy atom. The van der Waals surface area contributed by atoms with E-state index in [1.807, 2.05) is 31.3 Å². The SMILES string of the molecule is CNCCc1ccccc1C(=O)N(C)CCOc1ccccc1F. The lowest BCUT2D eigenvalue weighted by Gasteiger charge is -2.19. The van der Waals surface area contributed by atoms with Crippen LogP contribution in [0.4, 0.5) is 4.39 Å². The molecule has 0 heterocycles. The molecule has 0 spiro atoms. The fraction of sp³-hybridized carbons (Fsp3) is 0.316. The van der Waals surface area contributed by atoms with E-state index in [2.05, 4.69) is 5.32 Å². The topological polar surface area (TPSA) is 41.6 Å². The second-order valence-corrected chi connectivity index (χ2v) is 5.52. The number of hydrogen-bond donors (Lipinski definition) is 1. The van der Waals surface area contributed by atoms with E-state index in [4.69, 9.17) is 4.74 Å². The van der Waals surface area contributed by atoms with Gasteiger partial charge in [0.1, 0.15) is 6.61 Å². The Morgan fingerprint density at radius 2 is 1.88 bits per heavy atom. The minimum Gasteiger partial charge on any atom is -0.489 e. The molecular weight excluding hydrogens is 307 g/mol. The van der Waals surface area contributed by atoms with Gasteiger partial charge in [0.05, 0.1) is 6.54 Å². The van der Waals surface area contributed by atoms with Gasteiger partial charge in [-0.25, -0.2) is 4.39 Å². The molecule has 0 aliphatic heterocycles. The Labute approximate surface area is 142 Å². The summed E-state index contributed by atoms with van der Waals surface area (Å²) in [7, 11) is 3.61. The summed E-state index contributed by atoms with van der Waals surface area (Å²) in [6.07, 6.45) is 0.790. The molecule has 1 N–H and O–H groups in total. The summed E-state index contributed by atoms with van der Waals surface area (Å²) in [6.45, 7) is 1.43. The molecule has 0 aliphatic rings. The molecule has 0 radical (unpaired) electrons. The third-order valence-corrected chi connectivity index (χ3v) is 3.76. The van der Waals surface area contributed by atoms with Crippen molar-refractivity contribution in [1.82, 2.24) is 10.2 Å². The number of nitrogens with one attached hydrogen (secondary N) is 1. The molecule has 128 valence electrons. The van der Waals surface area contributed by atoms with Crippen LogP contribution >= 0.6 is 0 Å². The van der Waals surface area contributed by atoms with Crippen LogP contribution in [-0.4, -0.2) is 44.6 Å². The van der Waals surface area contributed by atoms with Crippen molar-refractivity contribution in [3.8, 4) is 5.75 Å². The number of likely N-dealkylation sites (N-methyl/N-ethyl adjacent to an activating group) is 2. The molecule has 24 heavy (non-hydrogen) atoms. The van der Waals surface area contributed by atoms with Crippen molar-refractivity contribution in [3.63, 3.8) is 0 Å². The highest BCUT2D eigenvalue weighted by Gasteiger charge is 2.15. The number of ether oxygens (including phenoxy) is 1. The van der Waals surface area contributed by atoms with Gasteiger partial charge in [0.25, 0.3) is 5.91 Å². The Hall–Kier alpha value is -2.40. The lowest BCUT2D eigenvalue weighted by molar-refractivity contribution is 0.0772. The summed E-state index contributed by atoms with van der Waals surface area (Å²) in [5.74, 6) is -0.254. The second-order valence-electron chi connectivity index (χ2n) is 5.52. The van der Waals surface area contributed by atoms with Crippen molar-refractivity contribution in [2.75, 3.05) is 33.8 Å². The van der Waals surface area contributed by atoms with Crippen molar-refractivity contribution in [2.24, 2.45) is 0 Å². The Kier molecular flexibility index (Phi) is 6.75. The lowest BCUT2D eigenvalue weighted by atomic mass is 10.0. The third-order valence-electron chi connectivity index (χ3n) is 3.76. The molecule has 0 atom stereocenters. The highest BCUT2D eigenvalue weighted by atomic mass is 19.1. The Bertz CT molecular complexity index is 676. The number of hydrogen-bond acceptors (Lipinski definition) is 3. The first-order valence-corrected chi connectivity index (χ1v) is 7.98. The molecule has 2 aromatic carbocycles. The van der Waals surface area contributed by atoms with E-state index in [0.717, 1.165) is 18.5 Å². The molecule has 0 aromatic heterocycles. The fourth-order valence-corrected chi connectivity index (χ4v) is 2.37. The number of rotatable bonds is 8. The van der Waals surface area contributed by atoms with Crippen molar-refractivity contribution in [2.45, 2.75) is 6.42 Å². The molecule has 2 rings (SSSR count). The second kappa shape index (κ2) is 9.03. The van der Waals surface area contributed by atoms with Crippen LogP contribution in [0.25, 0.3) is 0 Å². The zero-order chi connectivity index (χ0) is 17.4. The minimum absolute atomic E-state index is 0.0566. The van der Waals surface area contributed by atoms with Gasteiger partial charge in [-0.2, -0.15) is 0 Å². The normalized spacial score (nSPS) is 10.5. The molecule has 2 aromatic rings. The van der Waals surface area contributed by atoms with Crippen LogP contribution in [0.2, 0.25) is 0 Å². The molecule has 0 unspecified atom stereocenters. The number of amides is 1. The highest BCUT2D eigenvalue weighted by molar-refractivity contribution is 5.95. The maximum atomic E-state index is 13.5. The number of carbonyl (C=O) groups is 1. The van der Waals surface area contributed by atoms with Gasteiger partial charge in [-0.05, 0) is 43.8 Å². The average molecular weight is 330 g/mol. The van der Waals surface area contributed by atoms with Crippen LogP contribution in [0.1, 0.15) is 15.9 Å². The summed E-state index contributed by atoms with van der Waals surface area (Å²) >= 11 is 0. The predicted molar refractivity (Wildman–Crippen MR) is 92.9 cm³/mol. The zero-order valence-corrected chi connectivity index (χ0v) is 14.1. The number of halogens is 1. The summed E-state index contributed by atoms with van der Waals surface area (Å²) in [5, 5.41) is 3.09. The van der Waals surface area contributed by atoms with Crippen molar-refractivity contribution in [1.29, 1.82) is 0 Å². The van der Waals surface area contributed by atoms with Crippen molar-refractivity contribution < 1.29 is 13.9 Å². The van der Waals surface area contributed by atoms with Crippen LogP contribution in [-0.2, 0) is 6.42 Å². The molecule has 0 aliphatic carbocycles. The first-order valence-electron chi connectivity index (χ1n) is 7.98. The number of nitrogens with zero attached hydrogens (tertiary/aromatic N) is 1. The first-order chi connectivity index (χ1) is 11.6. The smallest absolute Gasteiger partial charge is 0.253 e. The maximum absolute atomic E-state index is 13.5. The van der Waals surface area contributed by atoms with Gasteiger partial charge in [-0.3, -0.25) is 4.79 Å². The predicted octanol–water partition coefficient (Wildman–Crippen LogP) is 2.74. The summed E-state index contributed by atoms with van der Waals surface area (Å²) in [4.78, 5) is 14.2. The van der Waals surface area contributed by atoms with Crippen LogP contribution in [0.15, 0.2) is 48.5 Å². The minimum atomic E-state index is -0.399. The summed E-state index contributed by atoms with van der Waals surface area (Å²) < 4.78 is 18.9. The van der Waals surface area contributed by atoms with Crippen LogP contribution in [0, 0.1) is 5.82 Å². The van der Waals surface area contributed by atoms with Crippen LogP contribution < -0.4 is 10.1 Å². The fourth-order valence-electron chi connectivity index (χ4n) is 2.37. The maximum Gasteiger partial charge on any atom is 0.253 e. The lowest BCUT2D eigenvalue weighted by Crippen LogP contribution is -2.31. The van der Waals surface area contributed by atoms with Gasteiger partial charge < -0.3 is 15.0 Å². The Morgan fingerprint density at radius 3 is 2.62 bits per heavy atom. The average Bonchev–Trinajstić information content (AvgIpc) is 2.61. The van der Waals surface area contributed by atoms with Crippen molar-refractivity contribution in [3.05, 3.63) is 65.5 Å². The summed E-state index contributed by atoms with van der Waals surface area (Å²) in [6, 6.07) is 13.8. The van der Waals surface area contributed by atoms with Crippen LogP contribution in [0.3, 0.4) is 0 Å². The van der Waals surface area contributed by atoms with E-state index in [0.29, 0.717) is 12.1 Å². The molecule has 5 heteroatoms. The molecule has 0 fully saturated rings. The third kappa shape index (κ3) is 4.80. The van der Waals surface area contributed by atoms with E-state index >= 15 is 0 Å². The first kappa shape index (κ1) is 17.9. The van der Waals surface area contributed by atoms with Gasteiger partial charge in [0.2, 0.25) is 0 Å². The zero-order valence-electron chi connectivity index (χ0n) is 14.1. The molecular formula is C19H23FN2O2. The molecule has 0 saturated carbocycles. The molecule has 0 saturated heterocycles. The van der Waals surface area contributed by atoms with E-state index in [1.54, 1.807) is 30.1 Å². The van der Waals surface area contributed by atoms with Gasteiger partial charge in [0.15, 0.2) is 11.6 Å². The van der Waals surface area contributed by atoms with Gasteiger partial charge >= 0.3 is 0 Å².